The predicted octanol–water partition coefficient (Wildman–Crippen LogP) is 5.54. The third-order valence-corrected chi connectivity index (χ3v) is 6.57. The number of thiophene rings is 1. The van der Waals surface area contributed by atoms with Crippen molar-refractivity contribution < 1.29 is 14.0 Å². The van der Waals surface area contributed by atoms with Gasteiger partial charge in [-0.05, 0) is 73.2 Å². The molecule has 0 saturated heterocycles. The molecule has 154 valence electrons. The van der Waals surface area contributed by atoms with Gasteiger partial charge in [0.05, 0.1) is 5.56 Å². The standard InChI is InChI=1S/C23H21ClN2O3S/c1-13-2-9-17-19(12-13)30-23(21(17)22(25)28)26-20(27)11-8-16-7-10-18(29-16)14-3-5-15(24)6-4-14/h3-8,10-11,13H,2,9,12H2,1H3,(H2,25,28)(H,26,27)/b11-8+. The number of hydrogen-bond acceptors (Lipinski definition) is 4. The lowest BCUT2D eigenvalue weighted by Gasteiger charge is -2.18. The van der Waals surface area contributed by atoms with Crippen LogP contribution in [-0.2, 0) is 17.6 Å². The minimum Gasteiger partial charge on any atom is -0.457 e. The van der Waals surface area contributed by atoms with Gasteiger partial charge in [0.1, 0.15) is 16.5 Å². The van der Waals surface area contributed by atoms with Gasteiger partial charge in [0.2, 0.25) is 5.91 Å². The first-order valence-electron chi connectivity index (χ1n) is 9.70. The van der Waals surface area contributed by atoms with E-state index in [1.54, 1.807) is 24.3 Å². The van der Waals surface area contributed by atoms with Crippen LogP contribution in [0.3, 0.4) is 0 Å². The molecule has 0 radical (unpaired) electrons. The number of halogens is 1. The molecule has 1 unspecified atom stereocenters. The third kappa shape index (κ3) is 4.35. The van der Waals surface area contributed by atoms with Gasteiger partial charge >= 0.3 is 0 Å². The van der Waals surface area contributed by atoms with E-state index in [9.17, 15) is 9.59 Å². The molecule has 0 aliphatic heterocycles. The van der Waals surface area contributed by atoms with Crippen LogP contribution in [0.15, 0.2) is 46.9 Å². The van der Waals surface area contributed by atoms with Crippen LogP contribution < -0.4 is 11.1 Å². The van der Waals surface area contributed by atoms with E-state index >= 15 is 0 Å². The van der Waals surface area contributed by atoms with E-state index in [1.807, 2.05) is 18.2 Å². The van der Waals surface area contributed by atoms with Crippen molar-refractivity contribution in [3.8, 4) is 11.3 Å². The smallest absolute Gasteiger partial charge is 0.251 e. The second kappa shape index (κ2) is 8.50. The topological polar surface area (TPSA) is 85.3 Å². The van der Waals surface area contributed by atoms with Gasteiger partial charge in [-0.15, -0.1) is 11.3 Å². The molecule has 0 saturated carbocycles. The summed E-state index contributed by atoms with van der Waals surface area (Å²) in [5.41, 5.74) is 7.94. The average molecular weight is 441 g/mol. The Morgan fingerprint density at radius 2 is 2.00 bits per heavy atom. The van der Waals surface area contributed by atoms with Crippen molar-refractivity contribution in [2.45, 2.75) is 26.2 Å². The number of rotatable bonds is 5. The molecule has 2 amide bonds. The Hall–Kier alpha value is -2.83. The molecular formula is C23H21ClN2O3S. The maximum Gasteiger partial charge on any atom is 0.251 e. The molecule has 3 aromatic rings. The molecule has 4 rings (SSSR count). The Bertz CT molecular complexity index is 1130. The maximum atomic E-state index is 12.5. The number of amides is 2. The highest BCUT2D eigenvalue weighted by Gasteiger charge is 2.26. The van der Waals surface area contributed by atoms with Crippen molar-refractivity contribution in [3.63, 3.8) is 0 Å². The largest absolute Gasteiger partial charge is 0.457 e. The lowest BCUT2D eigenvalue weighted by Crippen LogP contribution is -2.18. The molecule has 2 aromatic heterocycles. The maximum absolute atomic E-state index is 12.5. The first-order valence-corrected chi connectivity index (χ1v) is 10.9. The predicted molar refractivity (Wildman–Crippen MR) is 121 cm³/mol. The normalized spacial score (nSPS) is 15.9. The molecule has 1 atom stereocenters. The highest BCUT2D eigenvalue weighted by molar-refractivity contribution is 7.17. The van der Waals surface area contributed by atoms with Gasteiger partial charge in [-0.2, -0.15) is 0 Å². The molecule has 3 N–H and O–H groups in total. The zero-order valence-electron chi connectivity index (χ0n) is 16.4. The number of fused-ring (bicyclic) bond motifs is 1. The minimum absolute atomic E-state index is 0.339. The number of hydrogen-bond donors (Lipinski definition) is 2. The molecule has 0 bridgehead atoms. The number of nitrogens with one attached hydrogen (secondary N) is 1. The summed E-state index contributed by atoms with van der Waals surface area (Å²) in [5.74, 6) is 0.954. The Labute approximate surface area is 183 Å². The van der Waals surface area contributed by atoms with Crippen LogP contribution in [0, 0.1) is 5.92 Å². The fraction of sp³-hybridized carbons (Fsp3) is 0.217. The molecule has 0 fully saturated rings. The first-order chi connectivity index (χ1) is 14.4. The molecule has 5 nitrogen and oxygen atoms in total. The van der Waals surface area contributed by atoms with Crippen LogP contribution in [0.5, 0.6) is 0 Å². The van der Waals surface area contributed by atoms with Gasteiger partial charge in [0.15, 0.2) is 0 Å². The summed E-state index contributed by atoms with van der Waals surface area (Å²) in [6.07, 6.45) is 5.72. The van der Waals surface area contributed by atoms with E-state index < -0.39 is 5.91 Å². The number of nitrogens with two attached hydrogens (primary N) is 1. The molecule has 0 spiro atoms. The summed E-state index contributed by atoms with van der Waals surface area (Å²) in [5, 5.41) is 3.99. The molecule has 2 heterocycles. The Balaban J connectivity index is 1.48. The van der Waals surface area contributed by atoms with Crippen molar-refractivity contribution in [1.82, 2.24) is 0 Å². The van der Waals surface area contributed by atoms with Gasteiger partial charge in [-0.1, -0.05) is 18.5 Å². The zero-order chi connectivity index (χ0) is 21.3. The summed E-state index contributed by atoms with van der Waals surface area (Å²) in [6.45, 7) is 2.19. The number of carbonyl (C=O) groups is 2. The van der Waals surface area contributed by atoms with Gasteiger partial charge in [0.25, 0.3) is 5.91 Å². The van der Waals surface area contributed by atoms with Gasteiger partial charge in [-0.3, -0.25) is 9.59 Å². The highest BCUT2D eigenvalue weighted by atomic mass is 35.5. The first kappa shape index (κ1) is 20.4. The van der Waals surface area contributed by atoms with Crippen molar-refractivity contribution in [3.05, 3.63) is 69.3 Å². The monoisotopic (exact) mass is 440 g/mol. The SMILES string of the molecule is CC1CCc2c(sc(NC(=O)/C=C/c3ccc(-c4ccc(Cl)cc4)o3)c2C(N)=O)C1. The molecular weight excluding hydrogens is 420 g/mol. The van der Waals surface area contributed by atoms with Gasteiger partial charge in [-0.25, -0.2) is 0 Å². The Morgan fingerprint density at radius 3 is 2.73 bits per heavy atom. The van der Waals surface area contributed by atoms with Crippen LogP contribution in [0.1, 0.15) is 39.9 Å². The van der Waals surface area contributed by atoms with Crippen LogP contribution in [0.25, 0.3) is 17.4 Å². The fourth-order valence-electron chi connectivity index (χ4n) is 3.62. The summed E-state index contributed by atoms with van der Waals surface area (Å²) in [6, 6.07) is 10.9. The van der Waals surface area contributed by atoms with Crippen LogP contribution in [0.4, 0.5) is 5.00 Å². The highest BCUT2D eigenvalue weighted by Crippen LogP contribution is 2.39. The molecule has 30 heavy (non-hydrogen) atoms. The van der Waals surface area contributed by atoms with Crippen molar-refractivity contribution in [2.24, 2.45) is 11.7 Å². The second-order valence-corrected chi connectivity index (χ2v) is 8.99. The fourth-order valence-corrected chi connectivity index (χ4v) is 5.17. The zero-order valence-corrected chi connectivity index (χ0v) is 18.0. The van der Waals surface area contributed by atoms with Crippen molar-refractivity contribution in [1.29, 1.82) is 0 Å². The number of anilines is 1. The minimum atomic E-state index is -0.500. The Kier molecular flexibility index (Phi) is 5.79. The molecule has 7 heteroatoms. The van der Waals surface area contributed by atoms with E-state index in [2.05, 4.69) is 12.2 Å². The quantitative estimate of drug-likeness (QED) is 0.511. The second-order valence-electron chi connectivity index (χ2n) is 7.45. The van der Waals surface area contributed by atoms with E-state index in [0.717, 1.165) is 35.3 Å². The summed E-state index contributed by atoms with van der Waals surface area (Å²) < 4.78 is 5.77. The molecule has 1 aliphatic carbocycles. The number of carbonyl (C=O) groups excluding carboxylic acids is 2. The lowest BCUT2D eigenvalue weighted by molar-refractivity contribution is -0.111. The number of primary amides is 1. The molecule has 1 aliphatic rings. The van der Waals surface area contributed by atoms with Crippen molar-refractivity contribution >= 4 is 45.8 Å². The van der Waals surface area contributed by atoms with Gasteiger partial charge in [0, 0.05) is 21.5 Å². The summed E-state index contributed by atoms with van der Waals surface area (Å²) in [4.78, 5) is 25.6. The molecule has 1 aromatic carbocycles. The van der Waals surface area contributed by atoms with Crippen molar-refractivity contribution in [2.75, 3.05) is 5.32 Å². The van der Waals surface area contributed by atoms with E-state index in [1.165, 1.54) is 17.4 Å². The number of furan rings is 1. The van der Waals surface area contributed by atoms with E-state index in [4.69, 9.17) is 21.8 Å². The Morgan fingerprint density at radius 1 is 1.23 bits per heavy atom. The van der Waals surface area contributed by atoms with Gasteiger partial charge < -0.3 is 15.5 Å². The van der Waals surface area contributed by atoms with E-state index in [-0.39, 0.29) is 5.91 Å². The average Bonchev–Trinajstić information content (AvgIpc) is 3.31. The van der Waals surface area contributed by atoms with Crippen LogP contribution in [-0.4, -0.2) is 11.8 Å². The van der Waals surface area contributed by atoms with Crippen LogP contribution >= 0.6 is 22.9 Å². The van der Waals surface area contributed by atoms with E-state index in [0.29, 0.717) is 33.0 Å². The lowest BCUT2D eigenvalue weighted by atomic mass is 9.88. The van der Waals surface area contributed by atoms with Crippen LogP contribution in [0.2, 0.25) is 5.02 Å². The summed E-state index contributed by atoms with van der Waals surface area (Å²) >= 11 is 7.36. The third-order valence-electron chi connectivity index (χ3n) is 5.15. The number of benzene rings is 1. The summed E-state index contributed by atoms with van der Waals surface area (Å²) in [7, 11) is 0.